The SMILES string of the molecule is COc1ccc(NC(=O)C2=NNC(=O)CC2)cc1N. The third-order valence-electron chi connectivity index (χ3n) is 2.65. The first kappa shape index (κ1) is 12.9. The predicted molar refractivity (Wildman–Crippen MR) is 70.8 cm³/mol. The summed E-state index contributed by atoms with van der Waals surface area (Å²) in [5.41, 5.74) is 9.27. The van der Waals surface area contributed by atoms with Crippen LogP contribution >= 0.6 is 0 Å². The monoisotopic (exact) mass is 262 g/mol. The molecule has 4 N–H and O–H groups in total. The van der Waals surface area contributed by atoms with Gasteiger partial charge in [-0.2, -0.15) is 5.10 Å². The third kappa shape index (κ3) is 3.01. The number of anilines is 2. The molecule has 2 rings (SSSR count). The molecular formula is C12H14N4O3. The number of carbonyl (C=O) groups is 2. The van der Waals surface area contributed by atoms with Crippen molar-refractivity contribution in [2.75, 3.05) is 18.2 Å². The van der Waals surface area contributed by atoms with Crippen LogP contribution in [0.3, 0.4) is 0 Å². The van der Waals surface area contributed by atoms with E-state index in [1.165, 1.54) is 7.11 Å². The molecule has 1 heterocycles. The second-order valence-corrected chi connectivity index (χ2v) is 4.00. The lowest BCUT2D eigenvalue weighted by atomic mass is 10.1. The molecule has 0 atom stereocenters. The Labute approximate surface area is 109 Å². The van der Waals surface area contributed by atoms with E-state index in [-0.39, 0.29) is 23.9 Å². The van der Waals surface area contributed by atoms with Crippen LogP contribution in [-0.2, 0) is 9.59 Å². The van der Waals surface area contributed by atoms with Crippen molar-refractivity contribution in [3.05, 3.63) is 18.2 Å². The van der Waals surface area contributed by atoms with Crippen molar-refractivity contribution in [1.82, 2.24) is 5.43 Å². The van der Waals surface area contributed by atoms with Gasteiger partial charge in [-0.05, 0) is 18.2 Å². The molecule has 0 saturated carbocycles. The lowest BCUT2D eigenvalue weighted by Crippen LogP contribution is -2.32. The Hall–Kier alpha value is -2.57. The molecule has 0 spiro atoms. The third-order valence-corrected chi connectivity index (χ3v) is 2.65. The first-order chi connectivity index (χ1) is 9.10. The Morgan fingerprint density at radius 1 is 1.47 bits per heavy atom. The second kappa shape index (κ2) is 5.38. The molecule has 0 bridgehead atoms. The number of hydrogen-bond acceptors (Lipinski definition) is 5. The molecular weight excluding hydrogens is 248 g/mol. The van der Waals surface area contributed by atoms with Gasteiger partial charge < -0.3 is 15.8 Å². The van der Waals surface area contributed by atoms with E-state index < -0.39 is 0 Å². The summed E-state index contributed by atoms with van der Waals surface area (Å²) >= 11 is 0. The minimum Gasteiger partial charge on any atom is -0.495 e. The quantitative estimate of drug-likeness (QED) is 0.689. The summed E-state index contributed by atoms with van der Waals surface area (Å²) in [6, 6.07) is 4.93. The maximum atomic E-state index is 11.9. The van der Waals surface area contributed by atoms with E-state index in [2.05, 4.69) is 15.8 Å². The van der Waals surface area contributed by atoms with Gasteiger partial charge in [0, 0.05) is 18.5 Å². The predicted octanol–water partition coefficient (Wildman–Crippen LogP) is 0.482. The molecule has 7 heteroatoms. The van der Waals surface area contributed by atoms with Crippen molar-refractivity contribution >= 4 is 28.9 Å². The highest BCUT2D eigenvalue weighted by Gasteiger charge is 2.18. The van der Waals surface area contributed by atoms with E-state index >= 15 is 0 Å². The molecule has 2 amide bonds. The number of nitrogen functional groups attached to an aromatic ring is 1. The average Bonchev–Trinajstić information content (AvgIpc) is 2.39. The average molecular weight is 262 g/mol. The number of hydrazone groups is 1. The topological polar surface area (TPSA) is 106 Å². The number of nitrogens with zero attached hydrogens (tertiary/aromatic N) is 1. The molecule has 100 valence electrons. The van der Waals surface area contributed by atoms with Crippen LogP contribution in [0, 0.1) is 0 Å². The first-order valence-corrected chi connectivity index (χ1v) is 5.70. The lowest BCUT2D eigenvalue weighted by Gasteiger charge is -2.12. The van der Waals surface area contributed by atoms with E-state index in [4.69, 9.17) is 10.5 Å². The van der Waals surface area contributed by atoms with Gasteiger partial charge in [0.25, 0.3) is 5.91 Å². The maximum Gasteiger partial charge on any atom is 0.271 e. The van der Waals surface area contributed by atoms with E-state index in [1.807, 2.05) is 0 Å². The number of ether oxygens (including phenoxy) is 1. The van der Waals surface area contributed by atoms with Crippen molar-refractivity contribution in [2.24, 2.45) is 5.10 Å². The van der Waals surface area contributed by atoms with Gasteiger partial charge in [-0.15, -0.1) is 0 Å². The Bertz CT molecular complexity index is 554. The summed E-state index contributed by atoms with van der Waals surface area (Å²) < 4.78 is 5.02. The number of amides is 2. The number of carbonyl (C=O) groups excluding carboxylic acids is 2. The largest absolute Gasteiger partial charge is 0.495 e. The summed E-state index contributed by atoms with van der Waals surface area (Å²) in [6.07, 6.45) is 0.584. The normalized spacial score (nSPS) is 14.4. The van der Waals surface area contributed by atoms with Crippen LogP contribution in [0.1, 0.15) is 12.8 Å². The molecule has 0 unspecified atom stereocenters. The molecule has 0 radical (unpaired) electrons. The smallest absolute Gasteiger partial charge is 0.271 e. The molecule has 0 aromatic heterocycles. The van der Waals surface area contributed by atoms with Gasteiger partial charge >= 0.3 is 0 Å². The number of rotatable bonds is 3. The second-order valence-electron chi connectivity index (χ2n) is 4.00. The Morgan fingerprint density at radius 3 is 2.84 bits per heavy atom. The van der Waals surface area contributed by atoms with Crippen molar-refractivity contribution < 1.29 is 14.3 Å². The van der Waals surface area contributed by atoms with Crippen LogP contribution in [0.2, 0.25) is 0 Å². The van der Waals surface area contributed by atoms with Gasteiger partial charge in [-0.1, -0.05) is 0 Å². The van der Waals surface area contributed by atoms with Crippen molar-refractivity contribution in [1.29, 1.82) is 0 Å². The zero-order chi connectivity index (χ0) is 13.8. The zero-order valence-electron chi connectivity index (χ0n) is 10.4. The van der Waals surface area contributed by atoms with Gasteiger partial charge in [0.2, 0.25) is 5.91 Å². The molecule has 0 fully saturated rings. The number of nitrogens with one attached hydrogen (secondary N) is 2. The fraction of sp³-hybridized carbons (Fsp3) is 0.250. The van der Waals surface area contributed by atoms with Crippen LogP contribution < -0.4 is 21.2 Å². The highest BCUT2D eigenvalue weighted by atomic mass is 16.5. The molecule has 0 saturated heterocycles. The molecule has 1 aromatic rings. The number of nitrogens with two attached hydrogens (primary N) is 1. The molecule has 1 aliphatic heterocycles. The van der Waals surface area contributed by atoms with Crippen LogP contribution in [0.25, 0.3) is 0 Å². The fourth-order valence-electron chi connectivity index (χ4n) is 1.65. The lowest BCUT2D eigenvalue weighted by molar-refractivity contribution is -0.121. The molecule has 1 aromatic carbocycles. The van der Waals surface area contributed by atoms with Gasteiger partial charge in [0.1, 0.15) is 11.5 Å². The van der Waals surface area contributed by atoms with Crippen LogP contribution in [-0.4, -0.2) is 24.6 Å². The summed E-state index contributed by atoms with van der Waals surface area (Å²) in [5.74, 6) is -0.00456. The molecule has 0 aliphatic carbocycles. The van der Waals surface area contributed by atoms with E-state index in [0.29, 0.717) is 23.5 Å². The Kier molecular flexibility index (Phi) is 3.65. The molecule has 1 aliphatic rings. The summed E-state index contributed by atoms with van der Waals surface area (Å²) in [7, 11) is 1.52. The first-order valence-electron chi connectivity index (χ1n) is 5.70. The van der Waals surface area contributed by atoms with Crippen LogP contribution in [0.5, 0.6) is 5.75 Å². The van der Waals surface area contributed by atoms with Gasteiger partial charge in [-0.25, -0.2) is 5.43 Å². The van der Waals surface area contributed by atoms with Crippen molar-refractivity contribution in [2.45, 2.75) is 12.8 Å². The van der Waals surface area contributed by atoms with Gasteiger partial charge in [-0.3, -0.25) is 9.59 Å². The molecule has 19 heavy (non-hydrogen) atoms. The Morgan fingerprint density at radius 2 is 2.26 bits per heavy atom. The fourth-order valence-corrected chi connectivity index (χ4v) is 1.65. The van der Waals surface area contributed by atoms with Gasteiger partial charge in [0.15, 0.2) is 0 Å². The highest BCUT2D eigenvalue weighted by Crippen LogP contribution is 2.24. The summed E-state index contributed by atoms with van der Waals surface area (Å²) in [5, 5.41) is 6.37. The Balaban J connectivity index is 2.07. The minimum atomic E-state index is -0.357. The minimum absolute atomic E-state index is 0.190. The summed E-state index contributed by atoms with van der Waals surface area (Å²) in [4.78, 5) is 22.8. The number of hydrogen-bond donors (Lipinski definition) is 3. The summed E-state index contributed by atoms with van der Waals surface area (Å²) in [6.45, 7) is 0. The standard InChI is InChI=1S/C12H14N4O3/c1-19-10-4-2-7(6-8(10)13)14-12(18)9-3-5-11(17)16-15-9/h2,4,6H,3,5,13H2,1H3,(H,14,18)(H,16,17). The number of methoxy groups -OCH3 is 1. The zero-order valence-corrected chi connectivity index (χ0v) is 10.4. The van der Waals surface area contributed by atoms with E-state index in [0.717, 1.165) is 0 Å². The van der Waals surface area contributed by atoms with E-state index in [9.17, 15) is 9.59 Å². The molecule has 7 nitrogen and oxygen atoms in total. The van der Waals surface area contributed by atoms with Crippen molar-refractivity contribution in [3.63, 3.8) is 0 Å². The number of benzene rings is 1. The van der Waals surface area contributed by atoms with Crippen molar-refractivity contribution in [3.8, 4) is 5.75 Å². The van der Waals surface area contributed by atoms with Crippen LogP contribution in [0.15, 0.2) is 23.3 Å². The van der Waals surface area contributed by atoms with Gasteiger partial charge in [0.05, 0.1) is 12.8 Å². The highest BCUT2D eigenvalue weighted by molar-refractivity contribution is 6.43. The van der Waals surface area contributed by atoms with E-state index in [1.54, 1.807) is 18.2 Å². The maximum absolute atomic E-state index is 11.9. The van der Waals surface area contributed by atoms with Crippen LogP contribution in [0.4, 0.5) is 11.4 Å².